The summed E-state index contributed by atoms with van der Waals surface area (Å²) in [5.41, 5.74) is 2.79. The van der Waals surface area contributed by atoms with E-state index in [4.69, 9.17) is 4.74 Å². The number of hydrogen-bond acceptors (Lipinski definition) is 4. The minimum absolute atomic E-state index is 0.0707. The second-order valence-corrected chi connectivity index (χ2v) is 6.44. The van der Waals surface area contributed by atoms with Crippen molar-refractivity contribution in [1.29, 1.82) is 0 Å². The second kappa shape index (κ2) is 8.17. The van der Waals surface area contributed by atoms with E-state index >= 15 is 0 Å². The van der Waals surface area contributed by atoms with E-state index in [2.05, 4.69) is 31.5 Å². The van der Waals surface area contributed by atoms with Gasteiger partial charge in [-0.25, -0.2) is 0 Å². The minimum atomic E-state index is -0.0707. The lowest BCUT2D eigenvalue weighted by molar-refractivity contribution is -0.114. The van der Waals surface area contributed by atoms with Crippen LogP contribution < -0.4 is 15.5 Å². The predicted molar refractivity (Wildman–Crippen MR) is 101 cm³/mol. The molecular weight excluding hydrogens is 370 g/mol. The zero-order valence-electron chi connectivity index (χ0n) is 13.3. The van der Waals surface area contributed by atoms with Gasteiger partial charge in [-0.05, 0) is 36.4 Å². The Morgan fingerprint density at radius 3 is 2.54 bits per heavy atom. The first-order chi connectivity index (χ1) is 11.7. The van der Waals surface area contributed by atoms with Crippen LogP contribution in [0.3, 0.4) is 0 Å². The maximum atomic E-state index is 12.3. The van der Waals surface area contributed by atoms with Crippen LogP contribution in [-0.4, -0.2) is 38.8 Å². The fourth-order valence-electron chi connectivity index (χ4n) is 2.60. The van der Waals surface area contributed by atoms with Crippen molar-refractivity contribution < 1.29 is 9.53 Å². The number of halogens is 1. The topological polar surface area (TPSA) is 53.6 Å². The number of nitrogens with one attached hydrogen (secondary N) is 2. The predicted octanol–water partition coefficient (Wildman–Crippen LogP) is 3.34. The average Bonchev–Trinajstić information content (AvgIpc) is 2.62. The molecule has 2 aromatic carbocycles. The van der Waals surface area contributed by atoms with Crippen LogP contribution in [0.5, 0.6) is 0 Å². The van der Waals surface area contributed by atoms with Gasteiger partial charge in [0, 0.05) is 23.2 Å². The van der Waals surface area contributed by atoms with Crippen LogP contribution in [0.15, 0.2) is 53.0 Å². The third-order valence-electron chi connectivity index (χ3n) is 3.83. The highest BCUT2D eigenvalue weighted by atomic mass is 79.9. The zero-order chi connectivity index (χ0) is 16.8. The number of benzene rings is 2. The summed E-state index contributed by atoms with van der Waals surface area (Å²) in [5.74, 6) is -0.0707. The summed E-state index contributed by atoms with van der Waals surface area (Å²) in [7, 11) is 0. The van der Waals surface area contributed by atoms with Crippen LogP contribution in [0.1, 0.15) is 0 Å². The number of carbonyl (C=O) groups excluding carboxylic acids is 1. The van der Waals surface area contributed by atoms with E-state index in [0.29, 0.717) is 13.2 Å². The Bertz CT molecular complexity index is 685. The molecule has 0 radical (unpaired) electrons. The van der Waals surface area contributed by atoms with Gasteiger partial charge in [0.15, 0.2) is 0 Å². The lowest BCUT2D eigenvalue weighted by Gasteiger charge is -2.30. The minimum Gasteiger partial charge on any atom is -0.378 e. The van der Waals surface area contributed by atoms with Crippen LogP contribution in [0.4, 0.5) is 17.1 Å². The fourth-order valence-corrected chi connectivity index (χ4v) is 2.87. The van der Waals surface area contributed by atoms with Gasteiger partial charge in [-0.15, -0.1) is 0 Å². The maximum absolute atomic E-state index is 12.3. The second-order valence-electron chi connectivity index (χ2n) is 5.53. The molecule has 1 fully saturated rings. The van der Waals surface area contributed by atoms with E-state index in [1.807, 2.05) is 48.5 Å². The molecule has 3 rings (SSSR count). The molecule has 1 heterocycles. The SMILES string of the molecule is O=C(CNc1ccc(Br)cc1)Nc1ccccc1N1CCOCC1. The van der Waals surface area contributed by atoms with Gasteiger partial charge in [0.25, 0.3) is 0 Å². The van der Waals surface area contributed by atoms with Crippen molar-refractivity contribution in [2.75, 3.05) is 48.4 Å². The smallest absolute Gasteiger partial charge is 0.243 e. The Morgan fingerprint density at radius 1 is 1.08 bits per heavy atom. The molecule has 0 saturated carbocycles. The van der Waals surface area contributed by atoms with Gasteiger partial charge >= 0.3 is 0 Å². The summed E-state index contributed by atoms with van der Waals surface area (Å²) >= 11 is 3.39. The molecule has 126 valence electrons. The number of carbonyl (C=O) groups is 1. The summed E-state index contributed by atoms with van der Waals surface area (Å²) in [6.07, 6.45) is 0. The molecule has 1 amide bonds. The van der Waals surface area contributed by atoms with Gasteiger partial charge in [0.1, 0.15) is 0 Å². The summed E-state index contributed by atoms with van der Waals surface area (Å²) in [6, 6.07) is 15.6. The lowest BCUT2D eigenvalue weighted by atomic mass is 10.2. The van der Waals surface area contributed by atoms with Crippen LogP contribution in [-0.2, 0) is 9.53 Å². The summed E-state index contributed by atoms with van der Waals surface area (Å²) in [6.45, 7) is 3.33. The van der Waals surface area contributed by atoms with E-state index in [9.17, 15) is 4.79 Å². The van der Waals surface area contributed by atoms with Crippen LogP contribution in [0.25, 0.3) is 0 Å². The quantitative estimate of drug-likeness (QED) is 0.823. The first-order valence-electron chi connectivity index (χ1n) is 7.93. The third kappa shape index (κ3) is 4.49. The highest BCUT2D eigenvalue weighted by molar-refractivity contribution is 9.10. The summed E-state index contributed by atoms with van der Waals surface area (Å²) < 4.78 is 6.41. The van der Waals surface area contributed by atoms with E-state index < -0.39 is 0 Å². The van der Waals surface area contributed by atoms with Gasteiger partial charge in [-0.2, -0.15) is 0 Å². The Kier molecular flexibility index (Phi) is 5.72. The van der Waals surface area contributed by atoms with Crippen molar-refractivity contribution in [2.45, 2.75) is 0 Å². The number of morpholine rings is 1. The molecule has 1 aliphatic heterocycles. The number of ether oxygens (including phenoxy) is 1. The molecule has 0 spiro atoms. The molecule has 6 heteroatoms. The largest absolute Gasteiger partial charge is 0.378 e. The average molecular weight is 390 g/mol. The maximum Gasteiger partial charge on any atom is 0.243 e. The Morgan fingerprint density at radius 2 is 1.79 bits per heavy atom. The number of amides is 1. The standard InChI is InChI=1S/C18H20BrN3O2/c19-14-5-7-15(8-6-14)20-13-18(23)21-16-3-1-2-4-17(16)22-9-11-24-12-10-22/h1-8,20H,9-13H2,(H,21,23). The Labute approximate surface area is 150 Å². The normalized spacial score (nSPS) is 14.3. The van der Waals surface area contributed by atoms with E-state index in [-0.39, 0.29) is 12.5 Å². The number of rotatable bonds is 5. The van der Waals surface area contributed by atoms with Crippen LogP contribution in [0, 0.1) is 0 Å². The number of hydrogen-bond donors (Lipinski definition) is 2. The molecular formula is C18H20BrN3O2. The molecule has 2 N–H and O–H groups in total. The lowest BCUT2D eigenvalue weighted by Crippen LogP contribution is -2.37. The van der Waals surface area contributed by atoms with Crippen LogP contribution >= 0.6 is 15.9 Å². The van der Waals surface area contributed by atoms with E-state index in [1.54, 1.807) is 0 Å². The Balaban J connectivity index is 1.60. The molecule has 0 atom stereocenters. The van der Waals surface area contributed by atoms with Gasteiger partial charge in [0.2, 0.25) is 5.91 Å². The molecule has 0 unspecified atom stereocenters. The monoisotopic (exact) mass is 389 g/mol. The number of para-hydroxylation sites is 2. The first kappa shape index (κ1) is 16.8. The number of anilines is 3. The van der Waals surface area contributed by atoms with Crippen LogP contribution in [0.2, 0.25) is 0 Å². The molecule has 0 aromatic heterocycles. The van der Waals surface area contributed by atoms with Crippen molar-refractivity contribution in [3.63, 3.8) is 0 Å². The van der Waals surface area contributed by atoms with Crippen molar-refractivity contribution in [3.8, 4) is 0 Å². The van der Waals surface area contributed by atoms with Gasteiger partial charge in [-0.3, -0.25) is 4.79 Å². The van der Waals surface area contributed by atoms with Gasteiger partial charge in [0.05, 0.1) is 31.1 Å². The van der Waals surface area contributed by atoms with Crippen molar-refractivity contribution in [1.82, 2.24) is 0 Å². The highest BCUT2D eigenvalue weighted by Crippen LogP contribution is 2.26. The molecule has 5 nitrogen and oxygen atoms in total. The highest BCUT2D eigenvalue weighted by Gasteiger charge is 2.15. The van der Waals surface area contributed by atoms with E-state index in [0.717, 1.165) is 34.6 Å². The summed E-state index contributed by atoms with van der Waals surface area (Å²) in [4.78, 5) is 14.5. The van der Waals surface area contributed by atoms with Crippen molar-refractivity contribution in [3.05, 3.63) is 53.0 Å². The van der Waals surface area contributed by atoms with E-state index in [1.165, 1.54) is 0 Å². The van der Waals surface area contributed by atoms with Gasteiger partial charge < -0.3 is 20.3 Å². The third-order valence-corrected chi connectivity index (χ3v) is 4.36. The Hall–Kier alpha value is -2.05. The van der Waals surface area contributed by atoms with Crippen molar-refractivity contribution >= 4 is 38.9 Å². The molecule has 24 heavy (non-hydrogen) atoms. The number of nitrogens with zero attached hydrogens (tertiary/aromatic N) is 1. The van der Waals surface area contributed by atoms with Crippen molar-refractivity contribution in [2.24, 2.45) is 0 Å². The molecule has 1 aliphatic rings. The molecule has 1 saturated heterocycles. The zero-order valence-corrected chi connectivity index (χ0v) is 14.9. The first-order valence-corrected chi connectivity index (χ1v) is 8.73. The fraction of sp³-hybridized carbons (Fsp3) is 0.278. The molecule has 0 bridgehead atoms. The summed E-state index contributed by atoms with van der Waals surface area (Å²) in [5, 5.41) is 6.12. The molecule has 2 aromatic rings. The molecule has 0 aliphatic carbocycles. The van der Waals surface area contributed by atoms with Gasteiger partial charge in [-0.1, -0.05) is 28.1 Å².